The summed E-state index contributed by atoms with van der Waals surface area (Å²) in [5, 5.41) is 24.1. The highest BCUT2D eigenvalue weighted by Crippen LogP contribution is 2.55. The average molecular weight is 2350 g/mol. The van der Waals surface area contributed by atoms with Crippen LogP contribution < -0.4 is 0 Å². The van der Waals surface area contributed by atoms with Crippen molar-refractivity contribution in [1.29, 1.82) is 0 Å². The van der Waals surface area contributed by atoms with Crippen LogP contribution in [0.25, 0.3) is 241 Å². The summed E-state index contributed by atoms with van der Waals surface area (Å²) in [6.45, 7) is 11.5. The summed E-state index contributed by atoms with van der Waals surface area (Å²) < 4.78 is 37.6. The standard InChI is InChI=1S/2C31H21IO.C23H15IO.2C22H13IO/c1-31(2)25-12-6-5-10-21(25)22-15-14-19(17-26(22)31)28-20-9-4-3-8-18(20)16-24-23-11-7-13-27(32)29(23)33-30(24)28;1-31(2)26-10-6-5-9-22(26)23-12-11-20(15-27(23)31)21-14-25-24-13-18-7-3-4-8-19(18)17-29(24)33-30(25)28(32)16-21;1-14-6-4-8-16(12-14)21-17-9-3-2-7-15(17)13-19-18-10-5-11-20(24)22(18)25-23(19)21;23-19-12-6-11-17-18-13-15-9-4-5-10-16(15)20(22(18)24-21(17)19)14-7-2-1-3-8-14;23-20-12-17(14-6-2-1-3-7-14)11-19-18-10-15-8-4-5-9-16(15)13-21(18)24-22(19)20/h2*3-17H,1-2H3;2-13H,1H3;2*1-13H. The van der Waals surface area contributed by atoms with E-state index in [-0.39, 0.29) is 10.8 Å². The molecule has 0 saturated carbocycles. The van der Waals surface area contributed by atoms with Gasteiger partial charge in [0.05, 0.1) is 17.9 Å². The summed E-state index contributed by atoms with van der Waals surface area (Å²) in [4.78, 5) is 0. The first-order chi connectivity index (χ1) is 67.9. The van der Waals surface area contributed by atoms with Gasteiger partial charge in [-0.3, -0.25) is 0 Å². The van der Waals surface area contributed by atoms with E-state index in [0.717, 1.165) is 73.7 Å². The van der Waals surface area contributed by atoms with E-state index in [1.165, 1.54) is 213 Å². The number of hydrogen-bond acceptors (Lipinski definition) is 5. The molecule has 2 aliphatic carbocycles. The molecule has 22 aromatic carbocycles. The molecule has 10 heteroatoms. The van der Waals surface area contributed by atoms with Crippen molar-refractivity contribution in [2.45, 2.75) is 45.4 Å². The molecular weight excluding hydrogens is 2260 g/mol. The van der Waals surface area contributed by atoms with Crippen LogP contribution in [0.15, 0.2) is 435 Å². The molecule has 0 bridgehead atoms. The molecule has 2 aliphatic rings. The van der Waals surface area contributed by atoms with Crippen LogP contribution in [0.1, 0.15) is 55.5 Å². The summed E-state index contributed by atoms with van der Waals surface area (Å²) in [7, 11) is 0. The minimum atomic E-state index is -0.0328. The predicted octanol–water partition coefficient (Wildman–Crippen LogP) is 40.0. The quantitative estimate of drug-likeness (QED) is 0.161. The minimum Gasteiger partial charge on any atom is -0.455 e. The second-order valence-electron chi connectivity index (χ2n) is 37.4. The number of fused-ring (bicyclic) bond motifs is 26. The van der Waals surface area contributed by atoms with Gasteiger partial charge in [0.25, 0.3) is 0 Å². The summed E-state index contributed by atoms with van der Waals surface area (Å²) in [6.07, 6.45) is 0. The van der Waals surface area contributed by atoms with E-state index >= 15 is 0 Å². The molecule has 0 N–H and O–H groups in total. The van der Waals surface area contributed by atoms with Gasteiger partial charge in [-0.15, -0.1) is 0 Å². The Morgan fingerprint density at radius 3 is 0.906 bits per heavy atom. The second kappa shape index (κ2) is 35.0. The lowest BCUT2D eigenvalue weighted by Gasteiger charge is -2.22. The van der Waals surface area contributed by atoms with Gasteiger partial charge in [-0.25, -0.2) is 0 Å². The number of furan rings is 5. The molecule has 0 aliphatic heterocycles. The van der Waals surface area contributed by atoms with E-state index in [1.54, 1.807) is 0 Å². The third-order valence-corrected chi connectivity index (χ3v) is 32.6. The van der Waals surface area contributed by atoms with Crippen molar-refractivity contribution in [3.05, 3.63) is 458 Å². The maximum Gasteiger partial charge on any atom is 0.148 e. The number of aryl methyl sites for hydroxylation is 1. The third-order valence-electron chi connectivity index (χ3n) is 28.4. The Morgan fingerprint density at radius 2 is 0.475 bits per heavy atom. The van der Waals surface area contributed by atoms with Crippen molar-refractivity contribution in [2.24, 2.45) is 0 Å². The lowest BCUT2D eigenvalue weighted by atomic mass is 9.81. The first-order valence-corrected chi connectivity index (χ1v) is 52.1. The maximum absolute atomic E-state index is 6.60. The van der Waals surface area contributed by atoms with E-state index in [0.29, 0.717) is 0 Å². The molecule has 0 saturated heterocycles. The normalized spacial score (nSPS) is 12.8. The van der Waals surface area contributed by atoms with Gasteiger partial charge >= 0.3 is 0 Å². The number of para-hydroxylation sites is 3. The Kier molecular flexibility index (Phi) is 22.0. The molecular formula is C129H83I5O5. The van der Waals surface area contributed by atoms with Crippen LogP contribution in [0.3, 0.4) is 0 Å². The fourth-order valence-corrected chi connectivity index (χ4v) is 25.0. The fraction of sp³-hybridized carbons (Fsp3) is 0.0543. The van der Waals surface area contributed by atoms with Crippen LogP contribution in [-0.2, 0) is 10.8 Å². The second-order valence-corrected chi connectivity index (χ2v) is 43.2. The molecule has 0 radical (unpaired) electrons. The molecule has 0 unspecified atom stereocenters. The average Bonchev–Trinajstić information content (AvgIpc) is 1.55. The Balaban J connectivity index is 0.0000000926. The van der Waals surface area contributed by atoms with Gasteiger partial charge in [0.15, 0.2) is 0 Å². The fourth-order valence-electron chi connectivity index (χ4n) is 21.7. The highest BCUT2D eigenvalue weighted by atomic mass is 127. The van der Waals surface area contributed by atoms with Gasteiger partial charge in [-0.1, -0.05) is 349 Å². The molecule has 0 atom stereocenters. The van der Waals surface area contributed by atoms with E-state index < -0.39 is 0 Å². The number of benzene rings is 22. The van der Waals surface area contributed by atoms with E-state index in [1.807, 2.05) is 12.1 Å². The monoisotopic (exact) mass is 2350 g/mol. The summed E-state index contributed by atoms with van der Waals surface area (Å²) >= 11 is 11.9. The Morgan fingerprint density at radius 1 is 0.173 bits per heavy atom. The van der Waals surface area contributed by atoms with Gasteiger partial charge < -0.3 is 22.1 Å². The van der Waals surface area contributed by atoms with Crippen LogP contribution in [0.2, 0.25) is 0 Å². The topological polar surface area (TPSA) is 65.7 Å². The van der Waals surface area contributed by atoms with Crippen LogP contribution in [0.5, 0.6) is 0 Å². The number of rotatable bonds is 5. The van der Waals surface area contributed by atoms with Crippen molar-refractivity contribution >= 4 is 277 Å². The van der Waals surface area contributed by atoms with Crippen molar-refractivity contribution < 1.29 is 22.1 Å². The van der Waals surface area contributed by atoms with Gasteiger partial charge in [0, 0.05) is 81.4 Å². The summed E-state index contributed by atoms with van der Waals surface area (Å²) in [6, 6.07) is 148. The van der Waals surface area contributed by atoms with Crippen molar-refractivity contribution in [3.63, 3.8) is 0 Å². The minimum absolute atomic E-state index is 0.000442. The lowest BCUT2D eigenvalue weighted by Crippen LogP contribution is -2.14. The van der Waals surface area contributed by atoms with E-state index in [9.17, 15) is 0 Å². The molecule has 29 rings (SSSR count). The molecule has 5 nitrogen and oxygen atoms in total. The van der Waals surface area contributed by atoms with Crippen LogP contribution in [0, 0.1) is 24.8 Å². The Hall–Kier alpha value is -13.2. The molecule has 0 amide bonds. The Labute approximate surface area is 870 Å². The van der Waals surface area contributed by atoms with Gasteiger partial charge in [0.1, 0.15) is 55.8 Å². The van der Waals surface area contributed by atoms with Gasteiger partial charge in [-0.05, 0) is 354 Å². The zero-order valence-electron chi connectivity index (χ0n) is 76.2. The molecule has 0 fully saturated rings. The molecule has 139 heavy (non-hydrogen) atoms. The lowest BCUT2D eigenvalue weighted by molar-refractivity contribution is 0.660. The number of halogens is 5. The predicted molar refractivity (Wildman–Crippen MR) is 627 cm³/mol. The van der Waals surface area contributed by atoms with E-state index in [2.05, 4.69) is 548 Å². The third kappa shape index (κ3) is 15.0. The summed E-state index contributed by atoms with van der Waals surface area (Å²) in [5.74, 6) is 0. The molecule has 664 valence electrons. The molecule has 0 spiro atoms. The van der Waals surface area contributed by atoms with Gasteiger partial charge in [0.2, 0.25) is 0 Å². The zero-order chi connectivity index (χ0) is 93.8. The highest BCUT2D eigenvalue weighted by molar-refractivity contribution is 14.1. The van der Waals surface area contributed by atoms with Crippen LogP contribution in [-0.4, -0.2) is 0 Å². The first-order valence-electron chi connectivity index (χ1n) is 46.7. The molecule has 5 heterocycles. The molecule has 5 aromatic heterocycles. The Bertz CT molecular complexity index is 9750. The van der Waals surface area contributed by atoms with Crippen molar-refractivity contribution in [1.82, 2.24) is 0 Å². The maximum atomic E-state index is 6.60. The highest BCUT2D eigenvalue weighted by Gasteiger charge is 2.38. The van der Waals surface area contributed by atoms with Crippen LogP contribution in [0.4, 0.5) is 0 Å². The first kappa shape index (κ1) is 87.3. The zero-order valence-corrected chi connectivity index (χ0v) is 87.0. The smallest absolute Gasteiger partial charge is 0.148 e. The van der Waals surface area contributed by atoms with E-state index in [4.69, 9.17) is 22.1 Å². The van der Waals surface area contributed by atoms with Gasteiger partial charge in [-0.2, -0.15) is 0 Å². The van der Waals surface area contributed by atoms with Crippen LogP contribution >= 0.6 is 113 Å². The van der Waals surface area contributed by atoms with Crippen molar-refractivity contribution in [3.8, 4) is 77.9 Å². The van der Waals surface area contributed by atoms with Crippen molar-refractivity contribution in [2.75, 3.05) is 0 Å². The largest absolute Gasteiger partial charge is 0.455 e. The molecule has 27 aromatic rings. The summed E-state index contributed by atoms with van der Waals surface area (Å²) in [5.41, 5.74) is 34.0. The SMILES string of the molecule is CC1(C)c2ccccc2-c2ccc(-c3c4ccccc4cc4c3oc3c(I)cccc34)cc21.CC1(C)c2ccccc2-c2ccc(-c3cc(I)c4oc5cc6ccccc6cc5c4c3)cc21.Cc1cccc(-c2c3ccccc3cc3c2oc2c(I)cccc23)c1.Ic1cc(-c2ccccc2)cc2c1oc1cc3ccccc3cc12.Ic1cccc2c1oc1c(-c3ccccc3)c3ccccc3cc12. The number of hydrogen-bond donors (Lipinski definition) is 0.